The molecule has 0 aliphatic heterocycles. The number of rotatable bonds is 3. The van der Waals surface area contributed by atoms with E-state index in [1.54, 1.807) is 0 Å². The topological polar surface area (TPSA) is 24.9 Å². The summed E-state index contributed by atoms with van der Waals surface area (Å²) in [6, 6.07) is 9.93. The van der Waals surface area contributed by atoms with Crippen molar-refractivity contribution in [3.8, 4) is 0 Å². The molecule has 0 radical (unpaired) electrons. The average molecular weight is 247 g/mol. The van der Waals surface area contributed by atoms with E-state index in [-0.39, 0.29) is 0 Å². The molecule has 2 rings (SSSR count). The highest BCUT2D eigenvalue weighted by Gasteiger charge is 1.99. The van der Waals surface area contributed by atoms with Crippen molar-refractivity contribution in [3.63, 3.8) is 0 Å². The third kappa shape index (κ3) is 3.21. The van der Waals surface area contributed by atoms with Gasteiger partial charge < -0.3 is 5.32 Å². The summed E-state index contributed by atoms with van der Waals surface area (Å²) in [7, 11) is 0. The SMILES string of the molecule is Cc1ccc(CNc2ccc(Cl)cc2C)nc1. The minimum absolute atomic E-state index is 0.725. The van der Waals surface area contributed by atoms with Crippen LogP contribution in [0.1, 0.15) is 16.8 Å². The molecule has 0 saturated heterocycles. The van der Waals surface area contributed by atoms with Crippen LogP contribution in [0.5, 0.6) is 0 Å². The maximum Gasteiger partial charge on any atom is 0.0594 e. The molecule has 0 amide bonds. The fourth-order valence-corrected chi connectivity index (χ4v) is 1.84. The molecule has 3 heteroatoms. The second-order valence-electron chi connectivity index (χ2n) is 4.14. The molecule has 0 unspecified atom stereocenters. The lowest BCUT2D eigenvalue weighted by Gasteiger charge is -2.09. The molecule has 1 aromatic heterocycles. The van der Waals surface area contributed by atoms with Gasteiger partial charge in [-0.15, -0.1) is 0 Å². The number of nitrogens with one attached hydrogen (secondary N) is 1. The summed E-state index contributed by atoms with van der Waals surface area (Å²) in [6.07, 6.45) is 1.88. The smallest absolute Gasteiger partial charge is 0.0594 e. The van der Waals surface area contributed by atoms with Gasteiger partial charge in [0.2, 0.25) is 0 Å². The number of aromatic nitrogens is 1. The van der Waals surface area contributed by atoms with E-state index in [1.165, 1.54) is 5.56 Å². The van der Waals surface area contributed by atoms with Crippen LogP contribution in [0, 0.1) is 13.8 Å². The average Bonchev–Trinajstić information content (AvgIpc) is 2.30. The minimum atomic E-state index is 0.725. The number of anilines is 1. The van der Waals surface area contributed by atoms with E-state index in [1.807, 2.05) is 44.3 Å². The molecule has 1 N–H and O–H groups in total. The summed E-state index contributed by atoms with van der Waals surface area (Å²) in [5, 5.41) is 4.12. The van der Waals surface area contributed by atoms with Crippen LogP contribution in [0.25, 0.3) is 0 Å². The van der Waals surface area contributed by atoms with Crippen LogP contribution in [0.2, 0.25) is 5.02 Å². The van der Waals surface area contributed by atoms with Crippen LogP contribution in [-0.4, -0.2) is 4.98 Å². The predicted molar refractivity (Wildman–Crippen MR) is 72.5 cm³/mol. The Balaban J connectivity index is 2.04. The van der Waals surface area contributed by atoms with Gasteiger partial charge in [-0.25, -0.2) is 0 Å². The lowest BCUT2D eigenvalue weighted by atomic mass is 10.2. The highest BCUT2D eigenvalue weighted by Crippen LogP contribution is 2.19. The molecule has 0 bridgehead atoms. The van der Waals surface area contributed by atoms with Crippen LogP contribution >= 0.6 is 11.6 Å². The van der Waals surface area contributed by atoms with Gasteiger partial charge in [0.25, 0.3) is 0 Å². The first-order valence-electron chi connectivity index (χ1n) is 5.57. The van der Waals surface area contributed by atoms with Gasteiger partial charge in [-0.05, 0) is 49.2 Å². The van der Waals surface area contributed by atoms with Gasteiger partial charge in [-0.1, -0.05) is 17.7 Å². The maximum absolute atomic E-state index is 5.91. The maximum atomic E-state index is 5.91. The minimum Gasteiger partial charge on any atom is -0.379 e. The molecule has 17 heavy (non-hydrogen) atoms. The predicted octanol–water partition coefficient (Wildman–Crippen LogP) is 3.96. The number of pyridine rings is 1. The van der Waals surface area contributed by atoms with Gasteiger partial charge in [0, 0.05) is 16.9 Å². The van der Waals surface area contributed by atoms with Crippen molar-refractivity contribution in [1.82, 2.24) is 4.98 Å². The van der Waals surface area contributed by atoms with Crippen LogP contribution in [0.3, 0.4) is 0 Å². The van der Waals surface area contributed by atoms with Gasteiger partial charge in [-0.2, -0.15) is 0 Å². The second-order valence-corrected chi connectivity index (χ2v) is 4.58. The first kappa shape index (κ1) is 11.9. The van der Waals surface area contributed by atoms with E-state index >= 15 is 0 Å². The monoisotopic (exact) mass is 246 g/mol. The quantitative estimate of drug-likeness (QED) is 0.887. The summed E-state index contributed by atoms with van der Waals surface area (Å²) >= 11 is 5.91. The number of benzene rings is 1. The van der Waals surface area contributed by atoms with E-state index in [9.17, 15) is 0 Å². The molecule has 0 atom stereocenters. The molecular formula is C14H15ClN2. The molecule has 0 fully saturated rings. The zero-order chi connectivity index (χ0) is 12.3. The first-order chi connectivity index (χ1) is 8.15. The van der Waals surface area contributed by atoms with Crippen molar-refractivity contribution in [3.05, 3.63) is 58.4 Å². The van der Waals surface area contributed by atoms with Crippen molar-refractivity contribution in [2.45, 2.75) is 20.4 Å². The van der Waals surface area contributed by atoms with Gasteiger partial charge >= 0.3 is 0 Å². The number of nitrogens with zero attached hydrogens (tertiary/aromatic N) is 1. The standard InChI is InChI=1S/C14H15ClN2/c1-10-3-5-13(16-8-10)9-17-14-6-4-12(15)7-11(14)2/h3-8,17H,9H2,1-2H3. The molecule has 88 valence electrons. The zero-order valence-electron chi connectivity index (χ0n) is 10.00. The van der Waals surface area contributed by atoms with E-state index < -0.39 is 0 Å². The number of halogens is 1. The van der Waals surface area contributed by atoms with E-state index in [2.05, 4.69) is 16.4 Å². The van der Waals surface area contributed by atoms with Gasteiger partial charge in [-0.3, -0.25) is 4.98 Å². The fraction of sp³-hybridized carbons (Fsp3) is 0.214. The van der Waals surface area contributed by atoms with Gasteiger partial charge in [0.15, 0.2) is 0 Å². The van der Waals surface area contributed by atoms with Crippen LogP contribution in [0.4, 0.5) is 5.69 Å². The molecular weight excluding hydrogens is 232 g/mol. The number of hydrogen-bond donors (Lipinski definition) is 1. The molecule has 0 aliphatic carbocycles. The Labute approximate surface area is 107 Å². The Morgan fingerprint density at radius 2 is 2.00 bits per heavy atom. The summed E-state index contributed by atoms with van der Waals surface area (Å²) in [5.41, 5.74) is 4.45. The molecule has 2 aromatic rings. The Morgan fingerprint density at radius 3 is 2.65 bits per heavy atom. The lowest BCUT2D eigenvalue weighted by Crippen LogP contribution is -2.02. The van der Waals surface area contributed by atoms with E-state index in [4.69, 9.17) is 11.6 Å². The van der Waals surface area contributed by atoms with Crippen molar-refractivity contribution >= 4 is 17.3 Å². The summed E-state index contributed by atoms with van der Waals surface area (Å²) < 4.78 is 0. The van der Waals surface area contributed by atoms with Crippen molar-refractivity contribution in [2.75, 3.05) is 5.32 Å². The molecule has 0 aliphatic rings. The van der Waals surface area contributed by atoms with E-state index in [0.717, 1.165) is 28.5 Å². The normalized spacial score (nSPS) is 10.3. The Morgan fingerprint density at radius 1 is 1.18 bits per heavy atom. The summed E-state index contributed by atoms with van der Waals surface area (Å²) in [4.78, 5) is 4.35. The van der Waals surface area contributed by atoms with E-state index in [0.29, 0.717) is 0 Å². The van der Waals surface area contributed by atoms with Crippen LogP contribution < -0.4 is 5.32 Å². The number of aryl methyl sites for hydroxylation is 2. The van der Waals surface area contributed by atoms with Crippen molar-refractivity contribution in [2.24, 2.45) is 0 Å². The highest BCUT2D eigenvalue weighted by atomic mass is 35.5. The molecule has 1 heterocycles. The third-order valence-corrected chi connectivity index (χ3v) is 2.86. The summed E-state index contributed by atoms with van der Waals surface area (Å²) in [6.45, 7) is 4.80. The van der Waals surface area contributed by atoms with Gasteiger partial charge in [0.1, 0.15) is 0 Å². The molecule has 0 spiro atoms. The van der Waals surface area contributed by atoms with Crippen molar-refractivity contribution in [1.29, 1.82) is 0 Å². The molecule has 2 nitrogen and oxygen atoms in total. The largest absolute Gasteiger partial charge is 0.379 e. The van der Waals surface area contributed by atoms with Crippen LogP contribution in [0.15, 0.2) is 36.5 Å². The Bertz CT molecular complexity index is 506. The first-order valence-corrected chi connectivity index (χ1v) is 5.94. The number of hydrogen-bond acceptors (Lipinski definition) is 2. The van der Waals surface area contributed by atoms with Crippen LogP contribution in [-0.2, 0) is 6.54 Å². The zero-order valence-corrected chi connectivity index (χ0v) is 10.8. The fourth-order valence-electron chi connectivity index (χ4n) is 1.61. The second kappa shape index (κ2) is 5.19. The lowest BCUT2D eigenvalue weighted by molar-refractivity contribution is 1.03. The van der Waals surface area contributed by atoms with Crippen molar-refractivity contribution < 1.29 is 0 Å². The Kier molecular flexibility index (Phi) is 3.64. The highest BCUT2D eigenvalue weighted by molar-refractivity contribution is 6.30. The molecule has 0 saturated carbocycles. The molecule has 1 aromatic carbocycles. The third-order valence-electron chi connectivity index (χ3n) is 2.62. The Hall–Kier alpha value is -1.54. The van der Waals surface area contributed by atoms with Gasteiger partial charge in [0.05, 0.1) is 12.2 Å². The summed E-state index contributed by atoms with van der Waals surface area (Å²) in [5.74, 6) is 0.